The molecule has 0 atom stereocenters. The fourth-order valence-electron chi connectivity index (χ4n) is 1.51. The van der Waals surface area contributed by atoms with Gasteiger partial charge < -0.3 is 10.3 Å². The van der Waals surface area contributed by atoms with E-state index in [0.717, 1.165) is 10.6 Å². The fraction of sp³-hybridized carbons (Fsp3) is 0. The monoisotopic (exact) mass is 216 g/mol. The van der Waals surface area contributed by atoms with Crippen molar-refractivity contribution in [2.45, 2.75) is 0 Å². The maximum absolute atomic E-state index is 5.49. The molecule has 3 nitrogen and oxygen atoms in total. The molecule has 0 saturated carbocycles. The van der Waals surface area contributed by atoms with Crippen LogP contribution in [0.15, 0.2) is 40.9 Å². The average molecular weight is 216 g/mol. The number of nitrogen functional groups attached to an aromatic ring is 1. The Balaban J connectivity index is 2.19. The van der Waals surface area contributed by atoms with Gasteiger partial charge in [-0.15, -0.1) is 11.3 Å². The molecule has 0 aliphatic rings. The highest BCUT2D eigenvalue weighted by Crippen LogP contribution is 2.33. The highest BCUT2D eigenvalue weighted by Gasteiger charge is 2.07. The van der Waals surface area contributed by atoms with Crippen molar-refractivity contribution >= 4 is 27.3 Å². The predicted octanol–water partition coefficient (Wildman–Crippen LogP) is 3.14. The third-order valence-corrected chi connectivity index (χ3v) is 3.34. The molecule has 3 rings (SSSR count). The lowest BCUT2D eigenvalue weighted by atomic mass is 10.2. The lowest BCUT2D eigenvalue weighted by Gasteiger charge is -1.82. The van der Waals surface area contributed by atoms with E-state index in [4.69, 9.17) is 10.3 Å². The minimum Gasteiger partial charge on any atom is -0.368 e. The number of rotatable bonds is 1. The Kier molecular flexibility index (Phi) is 1.76. The van der Waals surface area contributed by atoms with Gasteiger partial charge in [0, 0.05) is 10.8 Å². The summed E-state index contributed by atoms with van der Waals surface area (Å²) in [6.07, 6.45) is 0. The van der Waals surface area contributed by atoms with Crippen molar-refractivity contribution in [1.82, 2.24) is 5.16 Å². The topological polar surface area (TPSA) is 52.0 Å². The molecule has 3 aromatic rings. The van der Waals surface area contributed by atoms with Crippen molar-refractivity contribution in [3.05, 3.63) is 36.4 Å². The minimum atomic E-state index is 0.349. The smallest absolute Gasteiger partial charge is 0.222 e. The highest BCUT2D eigenvalue weighted by molar-refractivity contribution is 7.22. The zero-order valence-corrected chi connectivity index (χ0v) is 8.62. The first-order valence-electron chi connectivity index (χ1n) is 4.54. The van der Waals surface area contributed by atoms with Crippen molar-refractivity contribution in [2.75, 3.05) is 5.73 Å². The third kappa shape index (κ3) is 1.39. The van der Waals surface area contributed by atoms with E-state index in [1.165, 1.54) is 10.1 Å². The van der Waals surface area contributed by atoms with Crippen molar-refractivity contribution in [3.63, 3.8) is 0 Å². The molecule has 2 N–H and O–H groups in total. The molecule has 0 spiro atoms. The number of aromatic nitrogens is 1. The first kappa shape index (κ1) is 8.49. The molecule has 1 aromatic carbocycles. The van der Waals surface area contributed by atoms with Gasteiger partial charge in [0.05, 0.1) is 4.88 Å². The molecule has 2 heterocycles. The molecule has 0 saturated heterocycles. The number of hydrogen-bond acceptors (Lipinski definition) is 4. The van der Waals surface area contributed by atoms with Crippen molar-refractivity contribution in [1.29, 1.82) is 0 Å². The summed E-state index contributed by atoms with van der Waals surface area (Å²) in [5, 5.41) is 5.11. The molecular weight excluding hydrogens is 208 g/mol. The van der Waals surface area contributed by atoms with Crippen LogP contribution in [0.5, 0.6) is 0 Å². The second-order valence-electron chi connectivity index (χ2n) is 3.26. The first-order chi connectivity index (χ1) is 7.33. The lowest BCUT2D eigenvalue weighted by molar-refractivity contribution is 0.439. The van der Waals surface area contributed by atoms with Crippen LogP contribution in [0.3, 0.4) is 0 Å². The Morgan fingerprint density at radius 2 is 2.07 bits per heavy atom. The van der Waals surface area contributed by atoms with Crippen LogP contribution in [0.1, 0.15) is 0 Å². The summed E-state index contributed by atoms with van der Waals surface area (Å²) in [6.45, 7) is 0. The largest absolute Gasteiger partial charge is 0.368 e. The second-order valence-corrected chi connectivity index (χ2v) is 4.35. The molecule has 0 amide bonds. The number of thiophene rings is 1. The normalized spacial score (nSPS) is 10.9. The van der Waals surface area contributed by atoms with Crippen LogP contribution < -0.4 is 5.73 Å². The molecule has 2 aromatic heterocycles. The first-order valence-corrected chi connectivity index (χ1v) is 5.36. The van der Waals surface area contributed by atoms with Crippen molar-refractivity contribution < 1.29 is 4.52 Å². The number of nitrogens with zero attached hydrogens (tertiary/aromatic N) is 1. The number of benzene rings is 1. The Labute approximate surface area is 90.1 Å². The molecule has 0 bridgehead atoms. The molecule has 74 valence electrons. The van der Waals surface area contributed by atoms with Gasteiger partial charge in [0.15, 0.2) is 0 Å². The zero-order valence-electron chi connectivity index (χ0n) is 7.81. The van der Waals surface area contributed by atoms with E-state index in [2.05, 4.69) is 23.4 Å². The molecule has 0 unspecified atom stereocenters. The summed E-state index contributed by atoms with van der Waals surface area (Å²) in [7, 11) is 0. The van der Waals surface area contributed by atoms with E-state index in [9.17, 15) is 0 Å². The average Bonchev–Trinajstić information content (AvgIpc) is 2.82. The number of nitrogens with two attached hydrogens (primary N) is 1. The summed E-state index contributed by atoms with van der Waals surface area (Å²) < 4.78 is 6.09. The van der Waals surface area contributed by atoms with E-state index in [1.54, 1.807) is 17.4 Å². The number of hydrogen-bond donors (Lipinski definition) is 1. The fourth-order valence-corrected chi connectivity index (χ4v) is 2.53. The minimum absolute atomic E-state index is 0.349. The molecular formula is C11H8N2OS. The molecule has 0 radical (unpaired) electrons. The SMILES string of the molecule is Nc1cc(-c2cc3ccccc3s2)no1. The van der Waals surface area contributed by atoms with Gasteiger partial charge in [0.1, 0.15) is 5.69 Å². The van der Waals surface area contributed by atoms with Crippen LogP contribution in [-0.2, 0) is 0 Å². The molecule has 0 fully saturated rings. The summed E-state index contributed by atoms with van der Waals surface area (Å²) in [6, 6.07) is 12.1. The Morgan fingerprint density at radius 3 is 2.80 bits per heavy atom. The van der Waals surface area contributed by atoms with E-state index in [1.807, 2.05) is 12.1 Å². The van der Waals surface area contributed by atoms with Gasteiger partial charge in [-0.2, -0.15) is 0 Å². The van der Waals surface area contributed by atoms with E-state index in [-0.39, 0.29) is 0 Å². The van der Waals surface area contributed by atoms with Gasteiger partial charge in [0.2, 0.25) is 5.88 Å². The highest BCUT2D eigenvalue weighted by atomic mass is 32.1. The molecule has 4 heteroatoms. The van der Waals surface area contributed by atoms with Crippen LogP contribution in [0, 0.1) is 0 Å². The van der Waals surface area contributed by atoms with Gasteiger partial charge in [-0.1, -0.05) is 23.4 Å². The molecule has 0 aliphatic carbocycles. The maximum atomic E-state index is 5.49. The second kappa shape index (κ2) is 3.10. The van der Waals surface area contributed by atoms with E-state index < -0.39 is 0 Å². The lowest BCUT2D eigenvalue weighted by Crippen LogP contribution is -1.75. The summed E-state index contributed by atoms with van der Waals surface area (Å²) in [4.78, 5) is 1.08. The van der Waals surface area contributed by atoms with Crippen molar-refractivity contribution in [3.8, 4) is 10.6 Å². The third-order valence-electron chi connectivity index (χ3n) is 2.21. The Hall–Kier alpha value is -1.81. The standard InChI is InChI=1S/C11H8N2OS/c12-11-6-8(13-14-11)10-5-7-3-1-2-4-9(7)15-10/h1-6H,12H2. The van der Waals surface area contributed by atoms with Crippen molar-refractivity contribution in [2.24, 2.45) is 0 Å². The number of fused-ring (bicyclic) bond motifs is 1. The Morgan fingerprint density at radius 1 is 1.20 bits per heavy atom. The van der Waals surface area contributed by atoms with Crippen LogP contribution in [0.4, 0.5) is 5.88 Å². The van der Waals surface area contributed by atoms with Gasteiger partial charge >= 0.3 is 0 Å². The summed E-state index contributed by atoms with van der Waals surface area (Å²) in [5.74, 6) is 0.349. The number of anilines is 1. The van der Waals surface area contributed by atoms with Gasteiger partial charge in [-0.3, -0.25) is 0 Å². The summed E-state index contributed by atoms with van der Waals surface area (Å²) >= 11 is 1.69. The van der Waals surface area contributed by atoms with Gasteiger partial charge in [-0.05, 0) is 17.5 Å². The van der Waals surface area contributed by atoms with Crippen LogP contribution in [-0.4, -0.2) is 5.16 Å². The van der Waals surface area contributed by atoms with Crippen LogP contribution in [0.25, 0.3) is 20.7 Å². The van der Waals surface area contributed by atoms with Gasteiger partial charge in [-0.25, -0.2) is 0 Å². The predicted molar refractivity (Wildman–Crippen MR) is 61.7 cm³/mol. The van der Waals surface area contributed by atoms with E-state index in [0.29, 0.717) is 5.88 Å². The Bertz CT molecular complexity index is 579. The maximum Gasteiger partial charge on any atom is 0.222 e. The van der Waals surface area contributed by atoms with Gasteiger partial charge in [0.25, 0.3) is 0 Å². The molecule has 0 aliphatic heterocycles. The van der Waals surface area contributed by atoms with Crippen LogP contribution in [0.2, 0.25) is 0 Å². The van der Waals surface area contributed by atoms with E-state index >= 15 is 0 Å². The van der Waals surface area contributed by atoms with Crippen LogP contribution >= 0.6 is 11.3 Å². The zero-order chi connectivity index (χ0) is 10.3. The quantitative estimate of drug-likeness (QED) is 0.679. The summed E-state index contributed by atoms with van der Waals surface area (Å²) in [5.41, 5.74) is 6.29. The molecule has 15 heavy (non-hydrogen) atoms.